The van der Waals surface area contributed by atoms with E-state index in [1.165, 1.54) is 75.7 Å². The highest BCUT2D eigenvalue weighted by Crippen LogP contribution is 2.13. The van der Waals surface area contributed by atoms with Crippen molar-refractivity contribution >= 4 is 17.7 Å². The summed E-state index contributed by atoms with van der Waals surface area (Å²) < 4.78 is 0. The van der Waals surface area contributed by atoms with E-state index in [9.17, 15) is 4.79 Å². The molecule has 0 fully saturated rings. The Bertz CT molecular complexity index is 207. The highest BCUT2D eigenvalue weighted by molar-refractivity contribution is 7.99. The van der Waals surface area contributed by atoms with Crippen molar-refractivity contribution < 1.29 is 9.90 Å². The van der Waals surface area contributed by atoms with E-state index in [-0.39, 0.29) is 0 Å². The van der Waals surface area contributed by atoms with Crippen LogP contribution >= 0.6 is 11.8 Å². The van der Waals surface area contributed by atoms with E-state index in [1.54, 1.807) is 0 Å². The molecule has 0 spiro atoms. The standard InChI is InChI=1S/C17H34O2S/c1-2-3-4-5-9-12-15-20-16-13-10-7-6-8-11-14-17(18)19/h2-16H2,1H3,(H,18,19). The summed E-state index contributed by atoms with van der Waals surface area (Å²) >= 11 is 2.11. The quantitative estimate of drug-likeness (QED) is 0.361. The largest absolute Gasteiger partial charge is 0.481 e. The third-order valence-electron chi connectivity index (χ3n) is 3.57. The molecule has 3 heteroatoms. The van der Waals surface area contributed by atoms with Crippen LogP contribution in [-0.4, -0.2) is 22.6 Å². The van der Waals surface area contributed by atoms with E-state index in [2.05, 4.69) is 18.7 Å². The first-order valence-electron chi connectivity index (χ1n) is 8.57. The maximum atomic E-state index is 10.3. The minimum atomic E-state index is -0.656. The van der Waals surface area contributed by atoms with Gasteiger partial charge in [0.2, 0.25) is 0 Å². The van der Waals surface area contributed by atoms with Crippen LogP contribution in [0, 0.1) is 0 Å². The Hall–Kier alpha value is -0.180. The number of carboxylic acid groups (broad SMARTS) is 1. The molecule has 0 rings (SSSR count). The second kappa shape index (κ2) is 16.9. The van der Waals surface area contributed by atoms with Crippen LogP contribution in [0.3, 0.4) is 0 Å². The average molecular weight is 303 g/mol. The molecule has 0 bridgehead atoms. The third-order valence-corrected chi connectivity index (χ3v) is 4.73. The summed E-state index contributed by atoms with van der Waals surface area (Å²) in [6.07, 6.45) is 15.8. The molecule has 0 atom stereocenters. The second-order valence-electron chi connectivity index (χ2n) is 5.65. The second-order valence-corrected chi connectivity index (χ2v) is 6.87. The Morgan fingerprint density at radius 2 is 1.20 bits per heavy atom. The molecule has 0 aliphatic carbocycles. The Morgan fingerprint density at radius 1 is 0.750 bits per heavy atom. The van der Waals surface area contributed by atoms with Gasteiger partial charge in [0, 0.05) is 6.42 Å². The van der Waals surface area contributed by atoms with Crippen molar-refractivity contribution in [3.05, 3.63) is 0 Å². The molecule has 0 aromatic rings. The van der Waals surface area contributed by atoms with Crippen molar-refractivity contribution in [2.24, 2.45) is 0 Å². The minimum absolute atomic E-state index is 0.341. The van der Waals surface area contributed by atoms with E-state index in [4.69, 9.17) is 5.11 Å². The number of hydrogen-bond donors (Lipinski definition) is 1. The Morgan fingerprint density at radius 3 is 1.70 bits per heavy atom. The van der Waals surface area contributed by atoms with Gasteiger partial charge in [0.25, 0.3) is 0 Å². The monoisotopic (exact) mass is 302 g/mol. The molecule has 0 aliphatic rings. The number of aliphatic carboxylic acids is 1. The smallest absolute Gasteiger partial charge is 0.303 e. The zero-order chi connectivity index (χ0) is 14.9. The molecular weight excluding hydrogens is 268 g/mol. The topological polar surface area (TPSA) is 37.3 Å². The number of hydrogen-bond acceptors (Lipinski definition) is 2. The molecule has 0 heterocycles. The van der Waals surface area contributed by atoms with Crippen molar-refractivity contribution in [3.8, 4) is 0 Å². The Balaban J connectivity index is 2.94. The van der Waals surface area contributed by atoms with Crippen LogP contribution in [0.1, 0.15) is 90.4 Å². The van der Waals surface area contributed by atoms with Crippen molar-refractivity contribution in [3.63, 3.8) is 0 Å². The first-order chi connectivity index (χ1) is 9.77. The van der Waals surface area contributed by atoms with Gasteiger partial charge in [-0.1, -0.05) is 64.7 Å². The van der Waals surface area contributed by atoms with Crippen LogP contribution in [0.25, 0.3) is 0 Å². The summed E-state index contributed by atoms with van der Waals surface area (Å²) in [5.74, 6) is 1.99. The van der Waals surface area contributed by atoms with Gasteiger partial charge < -0.3 is 5.11 Å². The molecule has 2 nitrogen and oxygen atoms in total. The molecular formula is C17H34O2S. The van der Waals surface area contributed by atoms with Gasteiger partial charge in [-0.3, -0.25) is 4.79 Å². The lowest BCUT2D eigenvalue weighted by molar-refractivity contribution is -0.137. The Labute approximate surface area is 130 Å². The zero-order valence-corrected chi connectivity index (χ0v) is 14.2. The van der Waals surface area contributed by atoms with Gasteiger partial charge in [0.1, 0.15) is 0 Å². The number of carboxylic acids is 1. The maximum absolute atomic E-state index is 10.3. The van der Waals surface area contributed by atoms with Gasteiger partial charge in [0.05, 0.1) is 0 Å². The van der Waals surface area contributed by atoms with Gasteiger partial charge in [-0.05, 0) is 30.8 Å². The summed E-state index contributed by atoms with van der Waals surface area (Å²) in [6.45, 7) is 2.27. The van der Waals surface area contributed by atoms with Crippen molar-refractivity contribution in [2.75, 3.05) is 11.5 Å². The fourth-order valence-electron chi connectivity index (χ4n) is 2.27. The molecule has 1 N–H and O–H groups in total. The first-order valence-corrected chi connectivity index (χ1v) is 9.72. The number of thioether (sulfide) groups is 1. The van der Waals surface area contributed by atoms with Crippen LogP contribution in [-0.2, 0) is 4.79 Å². The van der Waals surface area contributed by atoms with Crippen LogP contribution in [0.15, 0.2) is 0 Å². The van der Waals surface area contributed by atoms with E-state index in [0.717, 1.165) is 12.8 Å². The summed E-state index contributed by atoms with van der Waals surface area (Å²) in [7, 11) is 0. The summed E-state index contributed by atoms with van der Waals surface area (Å²) in [5.41, 5.74) is 0. The lowest BCUT2D eigenvalue weighted by atomic mass is 10.1. The number of rotatable bonds is 16. The summed E-state index contributed by atoms with van der Waals surface area (Å²) in [5, 5.41) is 8.51. The third kappa shape index (κ3) is 17.8. The molecule has 0 saturated heterocycles. The summed E-state index contributed by atoms with van der Waals surface area (Å²) in [6, 6.07) is 0. The van der Waals surface area contributed by atoms with E-state index in [0.29, 0.717) is 6.42 Å². The van der Waals surface area contributed by atoms with Crippen LogP contribution in [0.5, 0.6) is 0 Å². The average Bonchev–Trinajstić information content (AvgIpc) is 2.43. The highest BCUT2D eigenvalue weighted by Gasteiger charge is 1.97. The fraction of sp³-hybridized carbons (Fsp3) is 0.941. The van der Waals surface area contributed by atoms with Crippen LogP contribution in [0.4, 0.5) is 0 Å². The molecule has 120 valence electrons. The molecule has 0 saturated carbocycles. The van der Waals surface area contributed by atoms with Gasteiger partial charge in [0.15, 0.2) is 0 Å². The van der Waals surface area contributed by atoms with Crippen molar-refractivity contribution in [1.82, 2.24) is 0 Å². The van der Waals surface area contributed by atoms with Crippen molar-refractivity contribution in [1.29, 1.82) is 0 Å². The van der Waals surface area contributed by atoms with E-state index >= 15 is 0 Å². The molecule has 0 aliphatic heterocycles. The SMILES string of the molecule is CCCCCCCCSCCCCCCCCC(=O)O. The number of unbranched alkanes of at least 4 members (excludes halogenated alkanes) is 10. The predicted molar refractivity (Wildman–Crippen MR) is 90.7 cm³/mol. The lowest BCUT2D eigenvalue weighted by Crippen LogP contribution is -1.93. The first kappa shape index (κ1) is 19.8. The summed E-state index contributed by atoms with van der Waals surface area (Å²) in [4.78, 5) is 10.3. The minimum Gasteiger partial charge on any atom is -0.481 e. The highest BCUT2D eigenvalue weighted by atomic mass is 32.2. The molecule has 0 unspecified atom stereocenters. The number of carbonyl (C=O) groups is 1. The van der Waals surface area contributed by atoms with E-state index < -0.39 is 5.97 Å². The maximum Gasteiger partial charge on any atom is 0.303 e. The molecule has 0 amide bonds. The molecule has 0 aromatic carbocycles. The fourth-order valence-corrected chi connectivity index (χ4v) is 3.29. The van der Waals surface area contributed by atoms with Gasteiger partial charge >= 0.3 is 5.97 Å². The lowest BCUT2D eigenvalue weighted by Gasteiger charge is -2.03. The van der Waals surface area contributed by atoms with Gasteiger partial charge in [-0.2, -0.15) is 11.8 Å². The normalized spacial score (nSPS) is 10.8. The van der Waals surface area contributed by atoms with Gasteiger partial charge in [-0.15, -0.1) is 0 Å². The Kier molecular flexibility index (Phi) is 16.7. The van der Waals surface area contributed by atoms with E-state index in [1.807, 2.05) is 0 Å². The van der Waals surface area contributed by atoms with Gasteiger partial charge in [-0.25, -0.2) is 0 Å². The van der Waals surface area contributed by atoms with Crippen LogP contribution in [0.2, 0.25) is 0 Å². The molecule has 0 aromatic heterocycles. The predicted octanol–water partition coefficient (Wildman–Crippen LogP) is 5.90. The zero-order valence-electron chi connectivity index (χ0n) is 13.4. The molecule has 20 heavy (non-hydrogen) atoms. The van der Waals surface area contributed by atoms with Crippen molar-refractivity contribution in [2.45, 2.75) is 90.4 Å². The molecule has 0 radical (unpaired) electrons. The van der Waals surface area contributed by atoms with Crippen LogP contribution < -0.4 is 0 Å².